The maximum Gasteiger partial charge on any atom is 0.0846 e. The van der Waals surface area contributed by atoms with Crippen LogP contribution in [0.2, 0.25) is 0 Å². The first-order chi connectivity index (χ1) is 10.3. The van der Waals surface area contributed by atoms with Gasteiger partial charge in [-0.3, -0.25) is 9.88 Å². The largest absolute Gasteiger partial charge is 0.299 e. The maximum atomic E-state index is 9.69. The molecule has 0 spiro atoms. The second-order valence-corrected chi connectivity index (χ2v) is 5.70. The zero-order valence-electron chi connectivity index (χ0n) is 12.1. The van der Waals surface area contributed by atoms with Crippen molar-refractivity contribution in [1.29, 1.82) is 5.26 Å². The van der Waals surface area contributed by atoms with Crippen LogP contribution in [0.5, 0.6) is 0 Å². The Morgan fingerprint density at radius 2 is 1.86 bits per heavy atom. The number of pyridine rings is 1. The lowest BCUT2D eigenvalue weighted by molar-refractivity contribution is 0.179. The van der Waals surface area contributed by atoms with Gasteiger partial charge in [-0.2, -0.15) is 5.26 Å². The predicted octanol–water partition coefficient (Wildman–Crippen LogP) is 3.14. The van der Waals surface area contributed by atoms with E-state index in [9.17, 15) is 5.26 Å². The van der Waals surface area contributed by atoms with Crippen LogP contribution in [-0.4, -0.2) is 23.0 Å². The Kier molecular flexibility index (Phi) is 3.98. The Morgan fingerprint density at radius 1 is 1.10 bits per heavy atom. The van der Waals surface area contributed by atoms with Crippen LogP contribution in [0, 0.1) is 11.3 Å². The Labute approximate surface area is 125 Å². The first-order valence-electron chi connectivity index (χ1n) is 7.40. The van der Waals surface area contributed by atoms with Crippen molar-refractivity contribution in [2.75, 3.05) is 13.1 Å². The highest BCUT2D eigenvalue weighted by molar-refractivity contribution is 5.33. The molecule has 3 rings (SSSR count). The van der Waals surface area contributed by atoms with Gasteiger partial charge in [-0.15, -0.1) is 0 Å². The molecule has 1 aromatic carbocycles. The van der Waals surface area contributed by atoms with E-state index in [1.54, 1.807) is 6.20 Å². The van der Waals surface area contributed by atoms with Crippen molar-refractivity contribution in [3.05, 3.63) is 66.0 Å². The van der Waals surface area contributed by atoms with Crippen molar-refractivity contribution in [3.8, 4) is 6.07 Å². The second-order valence-electron chi connectivity index (χ2n) is 5.70. The fourth-order valence-electron chi connectivity index (χ4n) is 3.06. The van der Waals surface area contributed by atoms with Crippen molar-refractivity contribution in [2.45, 2.75) is 24.8 Å². The van der Waals surface area contributed by atoms with E-state index in [0.717, 1.165) is 38.0 Å². The minimum absolute atomic E-state index is 0.313. The molecule has 0 N–H and O–H groups in total. The maximum absolute atomic E-state index is 9.69. The molecular formula is C18H19N3. The number of piperidine rings is 1. The lowest BCUT2D eigenvalue weighted by Crippen LogP contribution is -2.41. The van der Waals surface area contributed by atoms with E-state index in [4.69, 9.17) is 0 Å². The average Bonchev–Trinajstić information content (AvgIpc) is 2.58. The smallest absolute Gasteiger partial charge is 0.0846 e. The highest BCUT2D eigenvalue weighted by Gasteiger charge is 2.36. The number of aromatic nitrogens is 1. The summed E-state index contributed by atoms with van der Waals surface area (Å²) >= 11 is 0. The van der Waals surface area contributed by atoms with Crippen molar-refractivity contribution >= 4 is 0 Å². The number of nitriles is 1. The molecular weight excluding hydrogens is 258 g/mol. The zero-order chi connectivity index (χ0) is 14.5. The van der Waals surface area contributed by atoms with E-state index in [1.807, 2.05) is 30.5 Å². The minimum Gasteiger partial charge on any atom is -0.299 e. The molecule has 0 saturated carbocycles. The van der Waals surface area contributed by atoms with Gasteiger partial charge in [-0.1, -0.05) is 36.4 Å². The van der Waals surface area contributed by atoms with Gasteiger partial charge < -0.3 is 0 Å². The number of rotatable bonds is 3. The molecule has 3 nitrogen and oxygen atoms in total. The molecule has 2 aromatic rings. The summed E-state index contributed by atoms with van der Waals surface area (Å²) in [6, 6.07) is 16.9. The van der Waals surface area contributed by atoms with E-state index in [0.29, 0.717) is 0 Å². The number of likely N-dealkylation sites (tertiary alicyclic amines) is 1. The Balaban J connectivity index is 1.68. The molecule has 2 heterocycles. The standard InChI is InChI=1S/C18H19N3/c19-15-18(17-6-2-1-3-7-17)8-11-21(12-9-18)14-16-5-4-10-20-13-16/h1-7,10,13H,8-9,11-12,14H2. The fourth-order valence-corrected chi connectivity index (χ4v) is 3.06. The molecule has 3 heteroatoms. The molecule has 1 aliphatic rings. The zero-order valence-corrected chi connectivity index (χ0v) is 12.1. The molecule has 0 radical (unpaired) electrons. The molecule has 1 aromatic heterocycles. The van der Waals surface area contributed by atoms with E-state index in [1.165, 1.54) is 5.56 Å². The third kappa shape index (κ3) is 2.96. The van der Waals surface area contributed by atoms with Crippen LogP contribution in [0.1, 0.15) is 24.0 Å². The van der Waals surface area contributed by atoms with Gasteiger partial charge in [0.1, 0.15) is 0 Å². The van der Waals surface area contributed by atoms with Crippen molar-refractivity contribution in [1.82, 2.24) is 9.88 Å². The monoisotopic (exact) mass is 277 g/mol. The Morgan fingerprint density at radius 3 is 2.48 bits per heavy atom. The van der Waals surface area contributed by atoms with E-state index in [2.05, 4.69) is 34.2 Å². The van der Waals surface area contributed by atoms with Gasteiger partial charge in [-0.05, 0) is 30.0 Å². The van der Waals surface area contributed by atoms with Crippen LogP contribution in [0.3, 0.4) is 0 Å². The van der Waals surface area contributed by atoms with Crippen LogP contribution in [0.25, 0.3) is 0 Å². The minimum atomic E-state index is -0.313. The average molecular weight is 277 g/mol. The van der Waals surface area contributed by atoms with Crippen molar-refractivity contribution < 1.29 is 0 Å². The summed E-state index contributed by atoms with van der Waals surface area (Å²) in [5.74, 6) is 0. The highest BCUT2D eigenvalue weighted by Crippen LogP contribution is 2.35. The first kappa shape index (κ1) is 13.8. The van der Waals surface area contributed by atoms with Crippen LogP contribution in [0.4, 0.5) is 0 Å². The Bertz CT molecular complexity index is 608. The summed E-state index contributed by atoms with van der Waals surface area (Å²) < 4.78 is 0. The number of hydrogen-bond acceptors (Lipinski definition) is 3. The molecule has 1 saturated heterocycles. The normalized spacial score (nSPS) is 18.0. The van der Waals surface area contributed by atoms with E-state index < -0.39 is 0 Å². The van der Waals surface area contributed by atoms with E-state index >= 15 is 0 Å². The van der Waals surface area contributed by atoms with Crippen LogP contribution >= 0.6 is 0 Å². The van der Waals surface area contributed by atoms with Crippen LogP contribution in [0.15, 0.2) is 54.9 Å². The van der Waals surface area contributed by atoms with E-state index in [-0.39, 0.29) is 5.41 Å². The molecule has 0 unspecified atom stereocenters. The summed E-state index contributed by atoms with van der Waals surface area (Å²) in [5, 5.41) is 9.69. The molecule has 21 heavy (non-hydrogen) atoms. The molecule has 0 amide bonds. The van der Waals surface area contributed by atoms with Crippen molar-refractivity contribution in [3.63, 3.8) is 0 Å². The van der Waals surface area contributed by atoms with Gasteiger partial charge in [0.25, 0.3) is 0 Å². The number of benzene rings is 1. The van der Waals surface area contributed by atoms with Crippen LogP contribution < -0.4 is 0 Å². The first-order valence-corrected chi connectivity index (χ1v) is 7.40. The molecule has 0 atom stereocenters. The third-order valence-electron chi connectivity index (χ3n) is 4.38. The van der Waals surface area contributed by atoms with Gasteiger partial charge >= 0.3 is 0 Å². The van der Waals surface area contributed by atoms with Crippen LogP contribution in [-0.2, 0) is 12.0 Å². The number of hydrogen-bond donors (Lipinski definition) is 0. The summed E-state index contributed by atoms with van der Waals surface area (Å²) in [5.41, 5.74) is 2.09. The summed E-state index contributed by atoms with van der Waals surface area (Å²) in [4.78, 5) is 6.58. The topological polar surface area (TPSA) is 39.9 Å². The van der Waals surface area contributed by atoms with Gasteiger partial charge in [0.15, 0.2) is 0 Å². The summed E-state index contributed by atoms with van der Waals surface area (Å²) in [7, 11) is 0. The third-order valence-corrected chi connectivity index (χ3v) is 4.38. The molecule has 1 aliphatic heterocycles. The predicted molar refractivity (Wildman–Crippen MR) is 82.5 cm³/mol. The van der Waals surface area contributed by atoms with Gasteiger partial charge in [0.05, 0.1) is 11.5 Å². The van der Waals surface area contributed by atoms with Gasteiger partial charge in [0.2, 0.25) is 0 Å². The summed E-state index contributed by atoms with van der Waals surface area (Å²) in [6.45, 7) is 2.83. The summed E-state index contributed by atoms with van der Waals surface area (Å²) in [6.07, 6.45) is 5.51. The fraction of sp³-hybridized carbons (Fsp3) is 0.333. The van der Waals surface area contributed by atoms with Gasteiger partial charge in [0, 0.05) is 32.0 Å². The van der Waals surface area contributed by atoms with Gasteiger partial charge in [-0.25, -0.2) is 0 Å². The molecule has 0 bridgehead atoms. The Hall–Kier alpha value is -2.18. The van der Waals surface area contributed by atoms with Crippen molar-refractivity contribution in [2.24, 2.45) is 0 Å². The lowest BCUT2D eigenvalue weighted by atomic mass is 9.74. The number of nitrogens with zero attached hydrogens (tertiary/aromatic N) is 3. The molecule has 1 fully saturated rings. The molecule has 106 valence electrons. The second kappa shape index (κ2) is 6.07. The lowest BCUT2D eigenvalue weighted by Gasteiger charge is -2.37. The molecule has 0 aliphatic carbocycles. The highest BCUT2D eigenvalue weighted by atomic mass is 15.1. The SMILES string of the molecule is N#CC1(c2ccccc2)CCN(Cc2cccnc2)CC1. The quantitative estimate of drug-likeness (QED) is 0.865.